The van der Waals surface area contributed by atoms with Gasteiger partial charge in [-0.3, -0.25) is 0 Å². The Morgan fingerprint density at radius 2 is 0.931 bits per heavy atom. The van der Waals surface area contributed by atoms with E-state index in [1.54, 1.807) is 0 Å². The third kappa shape index (κ3) is 11.3. The summed E-state index contributed by atoms with van der Waals surface area (Å²) in [6.07, 6.45) is 22.9. The summed E-state index contributed by atoms with van der Waals surface area (Å²) < 4.78 is 0. The zero-order chi connectivity index (χ0) is 21.8. The van der Waals surface area contributed by atoms with Gasteiger partial charge in [0.15, 0.2) is 0 Å². The Balaban J connectivity index is 4.70. The highest BCUT2D eigenvalue weighted by atomic mass is 16.3. The maximum atomic E-state index is 11.3. The van der Waals surface area contributed by atoms with E-state index in [0.717, 1.165) is 25.7 Å². The van der Waals surface area contributed by atoms with Crippen LogP contribution in [0.25, 0.3) is 0 Å². The average Bonchev–Trinajstić information content (AvgIpc) is 2.73. The summed E-state index contributed by atoms with van der Waals surface area (Å²) in [5.41, 5.74) is -2.69. The van der Waals surface area contributed by atoms with E-state index < -0.39 is 30.8 Å². The monoisotopic (exact) mass is 412 g/mol. The van der Waals surface area contributed by atoms with Crippen molar-refractivity contribution >= 4 is 0 Å². The third-order valence-electron chi connectivity index (χ3n) is 6.09. The summed E-state index contributed by atoms with van der Waals surface area (Å²) in [5, 5.41) is 40.8. The number of unbranched alkanes of at least 4 members (excludes halogenated alkanes) is 10. The van der Waals surface area contributed by atoms with Crippen LogP contribution in [0, 0.1) is 5.41 Å². The number of rotatable bonds is 20. The van der Waals surface area contributed by atoms with Crippen LogP contribution < -0.4 is 0 Å². The van der Waals surface area contributed by atoms with Crippen LogP contribution in [-0.2, 0) is 0 Å². The van der Waals surface area contributed by atoms with Crippen molar-refractivity contribution < 1.29 is 20.4 Å². The van der Waals surface area contributed by atoms with Crippen LogP contribution in [0.5, 0.6) is 0 Å². The van der Waals surface area contributed by atoms with Gasteiger partial charge in [0, 0.05) is 0 Å². The van der Waals surface area contributed by atoms with Gasteiger partial charge < -0.3 is 20.4 Å². The predicted molar refractivity (Wildman–Crippen MR) is 123 cm³/mol. The van der Waals surface area contributed by atoms with Gasteiger partial charge in [-0.25, -0.2) is 0 Å². The van der Waals surface area contributed by atoms with E-state index in [4.69, 9.17) is 0 Å². The van der Waals surface area contributed by atoms with Gasteiger partial charge in [-0.2, -0.15) is 0 Å². The molecule has 0 aliphatic rings. The van der Waals surface area contributed by atoms with Crippen LogP contribution in [0.2, 0.25) is 0 Å². The van der Waals surface area contributed by atoms with E-state index in [1.807, 2.05) is 12.2 Å². The molecule has 0 unspecified atom stereocenters. The van der Waals surface area contributed by atoms with Gasteiger partial charge in [0.05, 0.1) is 30.8 Å². The van der Waals surface area contributed by atoms with Crippen LogP contribution in [0.1, 0.15) is 104 Å². The number of hydrogen-bond acceptors (Lipinski definition) is 4. The molecule has 0 amide bonds. The third-order valence-corrected chi connectivity index (χ3v) is 6.09. The van der Waals surface area contributed by atoms with E-state index >= 15 is 0 Å². The molecule has 0 fully saturated rings. The van der Waals surface area contributed by atoms with Crippen molar-refractivity contribution in [2.24, 2.45) is 5.41 Å². The topological polar surface area (TPSA) is 80.9 Å². The molecule has 29 heavy (non-hydrogen) atoms. The van der Waals surface area contributed by atoms with E-state index in [9.17, 15) is 20.4 Å². The molecule has 0 aromatic carbocycles. The Kier molecular flexibility index (Phi) is 17.7. The zero-order valence-corrected chi connectivity index (χ0v) is 19.1. The molecule has 0 bridgehead atoms. The summed E-state index contributed by atoms with van der Waals surface area (Å²) in [6.45, 7) is 3.05. The Bertz CT molecular complexity index is 379. The lowest BCUT2D eigenvalue weighted by Crippen LogP contribution is -2.55. The van der Waals surface area contributed by atoms with Gasteiger partial charge in [0.2, 0.25) is 0 Å². The molecule has 0 aliphatic heterocycles. The van der Waals surface area contributed by atoms with Gasteiger partial charge in [0.1, 0.15) is 0 Å². The summed E-state index contributed by atoms with van der Waals surface area (Å²) in [4.78, 5) is 0. The molecule has 0 aromatic rings. The zero-order valence-electron chi connectivity index (χ0n) is 19.1. The maximum absolute atomic E-state index is 11.3. The van der Waals surface area contributed by atoms with Crippen molar-refractivity contribution in [1.29, 1.82) is 0 Å². The fraction of sp³-hybridized carbons (Fsp3) is 0.840. The molecule has 4 nitrogen and oxygen atoms in total. The van der Waals surface area contributed by atoms with Crippen LogP contribution >= 0.6 is 0 Å². The maximum Gasteiger partial charge on any atom is 0.0838 e. The van der Waals surface area contributed by atoms with Crippen molar-refractivity contribution in [3.63, 3.8) is 0 Å². The smallest absolute Gasteiger partial charge is 0.0838 e. The molecule has 4 heteroatoms. The van der Waals surface area contributed by atoms with Gasteiger partial charge in [0.25, 0.3) is 0 Å². The van der Waals surface area contributed by atoms with E-state index in [0.29, 0.717) is 12.8 Å². The summed E-state index contributed by atoms with van der Waals surface area (Å²) >= 11 is 0. The minimum absolute atomic E-state index is 0.310. The van der Waals surface area contributed by atoms with Crippen molar-refractivity contribution in [3.8, 4) is 0 Å². The quantitative estimate of drug-likeness (QED) is 0.162. The molecule has 0 atom stereocenters. The second-order valence-corrected chi connectivity index (χ2v) is 8.54. The summed E-state index contributed by atoms with van der Waals surface area (Å²) in [5.74, 6) is 0. The Labute approximate surface area is 179 Å². The summed E-state index contributed by atoms with van der Waals surface area (Å²) in [7, 11) is 0. The lowest BCUT2D eigenvalue weighted by atomic mass is 9.69. The predicted octanol–water partition coefficient (Wildman–Crippen LogP) is 5.29. The minimum Gasteiger partial charge on any atom is -0.395 e. The Morgan fingerprint density at radius 1 is 0.552 bits per heavy atom. The largest absolute Gasteiger partial charge is 0.395 e. The van der Waals surface area contributed by atoms with Crippen molar-refractivity contribution in [2.75, 3.05) is 19.8 Å². The molecule has 0 saturated carbocycles. The van der Waals surface area contributed by atoms with E-state index in [2.05, 4.69) is 26.0 Å². The van der Waals surface area contributed by atoms with E-state index in [-0.39, 0.29) is 0 Å². The van der Waals surface area contributed by atoms with Gasteiger partial charge in [-0.15, -0.1) is 0 Å². The fourth-order valence-electron chi connectivity index (χ4n) is 3.63. The Hall–Kier alpha value is -0.680. The lowest BCUT2D eigenvalue weighted by Gasteiger charge is -2.43. The first-order valence-electron chi connectivity index (χ1n) is 11.9. The van der Waals surface area contributed by atoms with Gasteiger partial charge in [-0.05, 0) is 38.5 Å². The number of aliphatic hydroxyl groups is 4. The molecule has 172 valence electrons. The van der Waals surface area contributed by atoms with Gasteiger partial charge >= 0.3 is 0 Å². The summed E-state index contributed by atoms with van der Waals surface area (Å²) in [6, 6.07) is 0. The van der Waals surface area contributed by atoms with Crippen LogP contribution in [0.4, 0.5) is 0 Å². The lowest BCUT2D eigenvalue weighted by molar-refractivity contribution is -0.150. The number of aliphatic hydroxyl groups excluding tert-OH is 3. The van der Waals surface area contributed by atoms with Crippen LogP contribution in [0.3, 0.4) is 0 Å². The first-order chi connectivity index (χ1) is 14.1. The second kappa shape index (κ2) is 18.1. The normalized spacial score (nSPS) is 14.8. The van der Waals surface area contributed by atoms with Crippen molar-refractivity contribution in [2.45, 2.75) is 109 Å². The molecule has 0 radical (unpaired) electrons. The highest BCUT2D eigenvalue weighted by Crippen LogP contribution is 2.37. The second-order valence-electron chi connectivity index (χ2n) is 8.54. The number of allylic oxidation sites excluding steroid dienone is 2. The van der Waals surface area contributed by atoms with Crippen molar-refractivity contribution in [3.05, 3.63) is 24.3 Å². The molecule has 0 rings (SSSR count). The molecule has 0 spiro atoms. The highest BCUT2D eigenvalue weighted by molar-refractivity contribution is 5.07. The van der Waals surface area contributed by atoms with E-state index in [1.165, 1.54) is 51.4 Å². The molecule has 0 saturated heterocycles. The van der Waals surface area contributed by atoms with Crippen LogP contribution in [0.15, 0.2) is 24.3 Å². The highest BCUT2D eigenvalue weighted by Gasteiger charge is 2.48. The van der Waals surface area contributed by atoms with Crippen molar-refractivity contribution in [1.82, 2.24) is 0 Å². The standard InChI is InChI=1S/C25H48O4/c1-3-5-7-9-11-13-15-17-19-25(29,24(21-26,22-27)23-28)20-18-16-14-12-10-8-6-4-2/h15-18,26-29H,3-14,19-23H2,1-2H3. The van der Waals surface area contributed by atoms with Gasteiger partial charge in [-0.1, -0.05) is 89.5 Å². The minimum atomic E-state index is -1.37. The molecule has 0 aromatic heterocycles. The van der Waals surface area contributed by atoms with Crippen LogP contribution in [-0.4, -0.2) is 45.8 Å². The number of hydrogen-bond donors (Lipinski definition) is 4. The first-order valence-corrected chi connectivity index (χ1v) is 11.9. The molecular weight excluding hydrogens is 364 g/mol. The average molecular weight is 413 g/mol. The fourth-order valence-corrected chi connectivity index (χ4v) is 3.63. The molecule has 0 heterocycles. The molecule has 0 aliphatic carbocycles. The first kappa shape index (κ1) is 28.3. The Morgan fingerprint density at radius 3 is 1.28 bits per heavy atom. The molecular formula is C25H48O4. The molecule has 4 N–H and O–H groups in total. The SMILES string of the molecule is CCCCCCCC=CCC(O)(CC=CCCCCCCC)C(CO)(CO)CO.